The molecule has 8 heteroatoms. The standard InChI is InChI=1S/C13H18N4O3S/c18-11(19)10-6-5-8-3-1-2-4-9(8)17(10)13(20)15-12-16-14-7-21-12/h7-10H,1-6H2,(H,18,19)(H,15,16,20). The molecule has 7 nitrogen and oxygen atoms in total. The maximum absolute atomic E-state index is 12.5. The lowest BCUT2D eigenvalue weighted by molar-refractivity contribution is -0.145. The minimum atomic E-state index is -0.925. The maximum atomic E-state index is 12.5. The molecule has 3 unspecified atom stereocenters. The van der Waals surface area contributed by atoms with Crippen molar-refractivity contribution < 1.29 is 14.7 Å². The molecule has 114 valence electrons. The predicted molar refractivity (Wildman–Crippen MR) is 77.2 cm³/mol. The lowest BCUT2D eigenvalue weighted by Crippen LogP contribution is -2.58. The summed E-state index contributed by atoms with van der Waals surface area (Å²) >= 11 is 1.23. The van der Waals surface area contributed by atoms with Crippen molar-refractivity contribution in [1.29, 1.82) is 0 Å². The fourth-order valence-electron chi connectivity index (χ4n) is 3.55. The maximum Gasteiger partial charge on any atom is 0.326 e. The van der Waals surface area contributed by atoms with Gasteiger partial charge in [0.2, 0.25) is 5.13 Å². The Balaban J connectivity index is 1.81. The summed E-state index contributed by atoms with van der Waals surface area (Å²) in [5.41, 5.74) is 1.53. The molecule has 2 fully saturated rings. The van der Waals surface area contributed by atoms with Gasteiger partial charge in [-0.15, -0.1) is 10.2 Å². The highest BCUT2D eigenvalue weighted by Crippen LogP contribution is 2.38. The third kappa shape index (κ3) is 2.85. The van der Waals surface area contributed by atoms with E-state index in [9.17, 15) is 14.7 Å². The van der Waals surface area contributed by atoms with Gasteiger partial charge in [0.05, 0.1) is 0 Å². The van der Waals surface area contributed by atoms with E-state index in [0.717, 1.165) is 25.7 Å². The number of nitrogens with one attached hydrogen (secondary N) is 1. The molecule has 1 aromatic heterocycles. The van der Waals surface area contributed by atoms with Crippen LogP contribution in [0.5, 0.6) is 0 Å². The van der Waals surface area contributed by atoms with E-state index in [0.29, 0.717) is 17.5 Å². The molecule has 2 N–H and O–H groups in total. The number of aliphatic carboxylic acids is 1. The van der Waals surface area contributed by atoms with E-state index >= 15 is 0 Å². The van der Waals surface area contributed by atoms with Gasteiger partial charge < -0.3 is 10.0 Å². The highest BCUT2D eigenvalue weighted by atomic mass is 32.1. The number of nitrogens with zero attached hydrogens (tertiary/aromatic N) is 3. The molecule has 1 aliphatic heterocycles. The zero-order valence-electron chi connectivity index (χ0n) is 11.6. The number of piperidine rings is 1. The van der Waals surface area contributed by atoms with Crippen molar-refractivity contribution in [3.8, 4) is 0 Å². The van der Waals surface area contributed by atoms with Crippen LogP contribution in [0.2, 0.25) is 0 Å². The van der Waals surface area contributed by atoms with Gasteiger partial charge >= 0.3 is 12.0 Å². The fourth-order valence-corrected chi connectivity index (χ4v) is 3.99. The minimum Gasteiger partial charge on any atom is -0.480 e. The van der Waals surface area contributed by atoms with Crippen LogP contribution in [-0.4, -0.2) is 44.3 Å². The number of hydrogen-bond donors (Lipinski definition) is 2. The molecule has 1 saturated heterocycles. The van der Waals surface area contributed by atoms with Crippen LogP contribution in [0.1, 0.15) is 38.5 Å². The summed E-state index contributed by atoms with van der Waals surface area (Å²) in [5, 5.41) is 20.0. The van der Waals surface area contributed by atoms with Crippen molar-refractivity contribution in [2.24, 2.45) is 5.92 Å². The first-order valence-corrected chi connectivity index (χ1v) is 8.13. The Hall–Kier alpha value is -1.70. The van der Waals surface area contributed by atoms with Gasteiger partial charge in [-0.25, -0.2) is 9.59 Å². The SMILES string of the molecule is O=C(O)C1CCC2CCCCC2N1C(=O)Nc1nncs1. The monoisotopic (exact) mass is 310 g/mol. The molecule has 0 spiro atoms. The number of rotatable bonds is 2. The van der Waals surface area contributed by atoms with Crippen LogP contribution >= 0.6 is 11.3 Å². The molecule has 3 atom stereocenters. The van der Waals surface area contributed by atoms with Gasteiger partial charge in [-0.05, 0) is 31.6 Å². The van der Waals surface area contributed by atoms with Gasteiger partial charge in [0.25, 0.3) is 0 Å². The number of carboxylic acids is 1. The highest BCUT2D eigenvalue weighted by molar-refractivity contribution is 7.13. The smallest absolute Gasteiger partial charge is 0.326 e. The van der Waals surface area contributed by atoms with Crippen LogP contribution in [0.15, 0.2) is 5.51 Å². The molecule has 1 aromatic rings. The number of aromatic nitrogens is 2. The molecule has 2 aliphatic rings. The Labute approximate surface area is 126 Å². The molecule has 0 aromatic carbocycles. The van der Waals surface area contributed by atoms with E-state index in [1.54, 1.807) is 0 Å². The first kappa shape index (κ1) is 14.2. The van der Waals surface area contributed by atoms with Crippen LogP contribution in [0.4, 0.5) is 9.93 Å². The summed E-state index contributed by atoms with van der Waals surface area (Å²) in [6.45, 7) is 0. The number of likely N-dealkylation sites (tertiary alicyclic amines) is 1. The van der Waals surface area contributed by atoms with Gasteiger partial charge in [0.1, 0.15) is 11.6 Å². The number of anilines is 1. The number of carbonyl (C=O) groups is 2. The van der Waals surface area contributed by atoms with Crippen molar-refractivity contribution >= 4 is 28.5 Å². The normalized spacial score (nSPS) is 28.8. The van der Waals surface area contributed by atoms with Crippen molar-refractivity contribution in [3.05, 3.63) is 5.51 Å². The van der Waals surface area contributed by atoms with Crippen molar-refractivity contribution in [2.45, 2.75) is 50.6 Å². The lowest BCUT2D eigenvalue weighted by Gasteiger charge is -2.46. The topological polar surface area (TPSA) is 95.4 Å². The van der Waals surface area contributed by atoms with E-state index in [1.165, 1.54) is 28.2 Å². The average Bonchev–Trinajstić information content (AvgIpc) is 2.98. The zero-order valence-corrected chi connectivity index (χ0v) is 12.4. The summed E-state index contributed by atoms with van der Waals surface area (Å²) in [6, 6.07) is -1.07. The Bertz CT molecular complexity index is 521. The van der Waals surface area contributed by atoms with Crippen LogP contribution in [0.25, 0.3) is 0 Å². The first-order chi connectivity index (χ1) is 10.2. The molecule has 2 amide bonds. The predicted octanol–water partition coefficient (Wildman–Crippen LogP) is 2.18. The third-order valence-corrected chi connectivity index (χ3v) is 5.07. The molecule has 1 aliphatic carbocycles. The summed E-state index contributed by atoms with van der Waals surface area (Å²) < 4.78 is 0. The Morgan fingerprint density at radius 1 is 1.29 bits per heavy atom. The quantitative estimate of drug-likeness (QED) is 0.873. The van der Waals surface area contributed by atoms with Gasteiger partial charge in [-0.3, -0.25) is 5.32 Å². The minimum absolute atomic E-state index is 0.0292. The number of carboxylic acid groups (broad SMARTS) is 1. The Morgan fingerprint density at radius 3 is 2.81 bits per heavy atom. The average molecular weight is 310 g/mol. The number of hydrogen-bond acceptors (Lipinski definition) is 5. The lowest BCUT2D eigenvalue weighted by atomic mass is 9.76. The van der Waals surface area contributed by atoms with E-state index in [2.05, 4.69) is 15.5 Å². The summed E-state index contributed by atoms with van der Waals surface area (Å²) in [4.78, 5) is 25.6. The molecular weight excluding hydrogens is 292 g/mol. The summed E-state index contributed by atoms with van der Waals surface area (Å²) in [5.74, 6) is -0.499. The highest BCUT2D eigenvalue weighted by Gasteiger charge is 2.44. The second kappa shape index (κ2) is 5.97. The molecule has 21 heavy (non-hydrogen) atoms. The number of fused-ring (bicyclic) bond motifs is 1. The zero-order chi connectivity index (χ0) is 14.8. The van der Waals surface area contributed by atoms with Crippen molar-refractivity contribution in [2.75, 3.05) is 5.32 Å². The Kier molecular flexibility index (Phi) is 4.05. The van der Waals surface area contributed by atoms with Crippen molar-refractivity contribution in [3.63, 3.8) is 0 Å². The summed E-state index contributed by atoms with van der Waals surface area (Å²) in [6.07, 6.45) is 5.61. The molecule has 0 radical (unpaired) electrons. The second-order valence-corrected chi connectivity index (χ2v) is 6.46. The van der Waals surface area contributed by atoms with Gasteiger partial charge in [-0.1, -0.05) is 24.2 Å². The van der Waals surface area contributed by atoms with Crippen LogP contribution < -0.4 is 5.32 Å². The largest absolute Gasteiger partial charge is 0.480 e. The van der Waals surface area contributed by atoms with E-state index < -0.39 is 12.0 Å². The molecule has 3 rings (SSSR count). The van der Waals surface area contributed by atoms with Gasteiger partial charge in [0, 0.05) is 6.04 Å². The third-order valence-electron chi connectivity index (χ3n) is 4.47. The molecule has 0 bridgehead atoms. The summed E-state index contributed by atoms with van der Waals surface area (Å²) in [7, 11) is 0. The first-order valence-electron chi connectivity index (χ1n) is 7.25. The molecular formula is C13H18N4O3S. The fraction of sp³-hybridized carbons (Fsp3) is 0.692. The van der Waals surface area contributed by atoms with E-state index in [-0.39, 0.29) is 12.1 Å². The van der Waals surface area contributed by atoms with E-state index in [4.69, 9.17) is 0 Å². The number of amides is 2. The number of urea groups is 1. The van der Waals surface area contributed by atoms with Crippen LogP contribution in [0, 0.1) is 5.92 Å². The second-order valence-electron chi connectivity index (χ2n) is 5.62. The molecule has 2 heterocycles. The van der Waals surface area contributed by atoms with Gasteiger partial charge in [0.15, 0.2) is 0 Å². The van der Waals surface area contributed by atoms with Crippen LogP contribution in [-0.2, 0) is 4.79 Å². The Morgan fingerprint density at radius 2 is 2.10 bits per heavy atom. The number of carbonyl (C=O) groups excluding carboxylic acids is 1. The van der Waals surface area contributed by atoms with Crippen LogP contribution in [0.3, 0.4) is 0 Å². The molecule has 1 saturated carbocycles. The van der Waals surface area contributed by atoms with Gasteiger partial charge in [-0.2, -0.15) is 0 Å². The van der Waals surface area contributed by atoms with Crippen molar-refractivity contribution in [1.82, 2.24) is 15.1 Å². The van der Waals surface area contributed by atoms with E-state index in [1.807, 2.05) is 0 Å².